The summed E-state index contributed by atoms with van der Waals surface area (Å²) in [6.45, 7) is 4.27. The molecule has 0 aliphatic heterocycles. The van der Waals surface area contributed by atoms with E-state index in [1.54, 1.807) is 0 Å². The van der Waals surface area contributed by atoms with Gasteiger partial charge in [-0.1, -0.05) is 159 Å². The number of hydrogen-bond acceptors (Lipinski definition) is 5. The molecule has 0 unspecified atom stereocenters. The molecule has 0 aromatic rings. The van der Waals surface area contributed by atoms with Crippen molar-refractivity contribution in [3.8, 4) is 0 Å². The number of rotatable bonds is 37. The molecule has 0 radical (unpaired) electrons. The Balaban J connectivity index is 3.44. The average molecular weight is 675 g/mol. The topological polar surface area (TPSA) is 72.8 Å². The summed E-state index contributed by atoms with van der Waals surface area (Å²) in [6.07, 6.45) is 47.7. The minimum atomic E-state index is -0.967. The van der Waals surface area contributed by atoms with Crippen molar-refractivity contribution in [2.24, 2.45) is 0 Å². The molecule has 0 heterocycles. The van der Waals surface area contributed by atoms with E-state index >= 15 is 0 Å². The number of carbonyl (C=O) groups excluding carboxylic acids is 2. The SMILES string of the molecule is CCCCC/C=C\C/C=C\CCCCCCCCCCCC(=O)OC[C@H](O)COC(=O)CCCCCCC/C=C\CCCCCCCC. The van der Waals surface area contributed by atoms with E-state index in [1.807, 2.05) is 0 Å². The number of esters is 2. The van der Waals surface area contributed by atoms with E-state index in [9.17, 15) is 14.7 Å². The number of carbonyl (C=O) groups is 2. The number of allylic oxidation sites excluding steroid dienone is 6. The van der Waals surface area contributed by atoms with Gasteiger partial charge in [0.25, 0.3) is 0 Å². The monoisotopic (exact) mass is 675 g/mol. The van der Waals surface area contributed by atoms with Gasteiger partial charge in [-0.25, -0.2) is 0 Å². The van der Waals surface area contributed by atoms with Crippen LogP contribution in [0.2, 0.25) is 0 Å². The summed E-state index contributed by atoms with van der Waals surface area (Å²) in [5.74, 6) is -0.576. The predicted molar refractivity (Wildman–Crippen MR) is 205 cm³/mol. The van der Waals surface area contributed by atoms with Gasteiger partial charge in [0.1, 0.15) is 19.3 Å². The van der Waals surface area contributed by atoms with Crippen LogP contribution < -0.4 is 0 Å². The van der Waals surface area contributed by atoms with Crippen molar-refractivity contribution in [1.29, 1.82) is 0 Å². The van der Waals surface area contributed by atoms with E-state index < -0.39 is 6.10 Å². The Hall–Kier alpha value is -1.88. The first-order chi connectivity index (χ1) is 23.6. The second-order valence-corrected chi connectivity index (χ2v) is 13.7. The Bertz CT molecular complexity index is 771. The smallest absolute Gasteiger partial charge is 0.305 e. The lowest BCUT2D eigenvalue weighted by atomic mass is 10.1. The van der Waals surface area contributed by atoms with Gasteiger partial charge >= 0.3 is 11.9 Å². The molecule has 0 aliphatic carbocycles. The van der Waals surface area contributed by atoms with Crippen molar-refractivity contribution in [1.82, 2.24) is 0 Å². The first kappa shape index (κ1) is 46.1. The number of hydrogen-bond donors (Lipinski definition) is 1. The van der Waals surface area contributed by atoms with Crippen LogP contribution in [0.15, 0.2) is 36.5 Å². The van der Waals surface area contributed by atoms with E-state index in [2.05, 4.69) is 50.3 Å². The molecular formula is C43H78O5. The fraction of sp³-hybridized carbons (Fsp3) is 0.814. The maximum Gasteiger partial charge on any atom is 0.305 e. The number of aliphatic hydroxyl groups is 1. The normalized spacial score (nSPS) is 12.5. The molecule has 280 valence electrons. The zero-order valence-electron chi connectivity index (χ0n) is 31.7. The van der Waals surface area contributed by atoms with E-state index in [0.29, 0.717) is 12.8 Å². The van der Waals surface area contributed by atoms with Crippen LogP contribution >= 0.6 is 0 Å². The Morgan fingerprint density at radius 1 is 0.438 bits per heavy atom. The van der Waals surface area contributed by atoms with Crippen LogP contribution in [0.1, 0.15) is 206 Å². The lowest BCUT2D eigenvalue weighted by molar-refractivity contribution is -0.152. The standard InChI is InChI=1S/C43H78O5/c1-3-5-7-9-11-13-15-17-19-20-21-22-24-26-28-30-32-34-36-38-43(46)48-40-41(44)39-47-42(45)37-35-33-31-29-27-25-23-18-16-14-12-10-8-6-4-2/h11,13,17-19,23,41,44H,3-10,12,14-16,20-22,24-40H2,1-2H3/b13-11-,19-17-,23-18-/t41-/m1/s1. The summed E-state index contributed by atoms with van der Waals surface area (Å²) in [7, 11) is 0. The highest BCUT2D eigenvalue weighted by Gasteiger charge is 2.12. The van der Waals surface area contributed by atoms with Gasteiger partial charge in [-0.15, -0.1) is 0 Å². The zero-order chi connectivity index (χ0) is 35.0. The largest absolute Gasteiger partial charge is 0.463 e. The van der Waals surface area contributed by atoms with Gasteiger partial charge in [-0.05, 0) is 70.6 Å². The zero-order valence-corrected chi connectivity index (χ0v) is 31.7. The van der Waals surface area contributed by atoms with Crippen molar-refractivity contribution in [2.75, 3.05) is 13.2 Å². The summed E-state index contributed by atoms with van der Waals surface area (Å²) in [6, 6.07) is 0. The van der Waals surface area contributed by atoms with Crippen LogP contribution in [0.3, 0.4) is 0 Å². The minimum Gasteiger partial charge on any atom is -0.463 e. The van der Waals surface area contributed by atoms with Gasteiger partial charge in [-0.3, -0.25) is 9.59 Å². The Morgan fingerprint density at radius 3 is 1.12 bits per heavy atom. The number of aliphatic hydroxyl groups excluding tert-OH is 1. The van der Waals surface area contributed by atoms with Gasteiger partial charge in [0, 0.05) is 12.8 Å². The summed E-state index contributed by atoms with van der Waals surface area (Å²) in [4.78, 5) is 23.9. The Morgan fingerprint density at radius 2 is 0.729 bits per heavy atom. The van der Waals surface area contributed by atoms with Crippen molar-refractivity contribution >= 4 is 11.9 Å². The van der Waals surface area contributed by atoms with Crippen molar-refractivity contribution in [2.45, 2.75) is 213 Å². The molecule has 0 rings (SSSR count). The molecule has 48 heavy (non-hydrogen) atoms. The molecule has 0 saturated heterocycles. The van der Waals surface area contributed by atoms with Crippen molar-refractivity contribution in [3.63, 3.8) is 0 Å². The molecule has 1 atom stereocenters. The Labute approximate surface area is 297 Å². The predicted octanol–water partition coefficient (Wildman–Crippen LogP) is 12.8. The molecule has 0 spiro atoms. The molecule has 0 aromatic carbocycles. The van der Waals surface area contributed by atoms with E-state index in [1.165, 1.54) is 128 Å². The van der Waals surface area contributed by atoms with Gasteiger partial charge in [-0.2, -0.15) is 0 Å². The summed E-state index contributed by atoms with van der Waals surface area (Å²) in [5.41, 5.74) is 0. The third-order valence-corrected chi connectivity index (χ3v) is 8.85. The molecule has 0 aromatic heterocycles. The van der Waals surface area contributed by atoms with Gasteiger partial charge in [0.15, 0.2) is 0 Å². The third-order valence-electron chi connectivity index (χ3n) is 8.85. The van der Waals surface area contributed by atoms with Gasteiger partial charge in [0.2, 0.25) is 0 Å². The van der Waals surface area contributed by atoms with E-state index in [4.69, 9.17) is 9.47 Å². The summed E-state index contributed by atoms with van der Waals surface area (Å²) in [5, 5.41) is 10.0. The maximum atomic E-state index is 12.0. The van der Waals surface area contributed by atoms with Gasteiger partial charge < -0.3 is 14.6 Å². The van der Waals surface area contributed by atoms with Gasteiger partial charge in [0.05, 0.1) is 0 Å². The molecule has 0 saturated carbocycles. The lowest BCUT2D eigenvalue weighted by Crippen LogP contribution is -2.25. The Kier molecular flexibility index (Phi) is 38.0. The fourth-order valence-electron chi connectivity index (χ4n) is 5.70. The number of ether oxygens (including phenoxy) is 2. The molecule has 0 amide bonds. The maximum absolute atomic E-state index is 12.0. The van der Waals surface area contributed by atoms with Crippen LogP contribution in [0.5, 0.6) is 0 Å². The van der Waals surface area contributed by atoms with Crippen LogP contribution in [0.25, 0.3) is 0 Å². The average Bonchev–Trinajstić information content (AvgIpc) is 3.09. The number of unbranched alkanes of at least 4 members (excludes halogenated alkanes) is 23. The first-order valence-corrected chi connectivity index (χ1v) is 20.5. The molecule has 1 N–H and O–H groups in total. The molecular weight excluding hydrogens is 596 g/mol. The van der Waals surface area contributed by atoms with Crippen LogP contribution in [0.4, 0.5) is 0 Å². The van der Waals surface area contributed by atoms with E-state index in [-0.39, 0.29) is 25.2 Å². The first-order valence-electron chi connectivity index (χ1n) is 20.5. The second-order valence-electron chi connectivity index (χ2n) is 13.7. The van der Waals surface area contributed by atoms with Crippen LogP contribution in [-0.2, 0) is 19.1 Å². The highest BCUT2D eigenvalue weighted by Crippen LogP contribution is 2.13. The highest BCUT2D eigenvalue weighted by molar-refractivity contribution is 5.69. The molecule has 0 aliphatic rings. The highest BCUT2D eigenvalue weighted by atomic mass is 16.6. The quantitative estimate of drug-likeness (QED) is 0.0403. The molecule has 5 heteroatoms. The van der Waals surface area contributed by atoms with Crippen molar-refractivity contribution < 1.29 is 24.2 Å². The lowest BCUT2D eigenvalue weighted by Gasteiger charge is -2.12. The van der Waals surface area contributed by atoms with E-state index in [0.717, 1.165) is 51.4 Å². The molecule has 0 bridgehead atoms. The summed E-state index contributed by atoms with van der Waals surface area (Å²) < 4.78 is 10.3. The second kappa shape index (κ2) is 39.6. The van der Waals surface area contributed by atoms with Crippen LogP contribution in [0, 0.1) is 0 Å². The van der Waals surface area contributed by atoms with Crippen molar-refractivity contribution in [3.05, 3.63) is 36.5 Å². The summed E-state index contributed by atoms with van der Waals surface area (Å²) >= 11 is 0. The fourth-order valence-corrected chi connectivity index (χ4v) is 5.70. The third kappa shape index (κ3) is 38.6. The van der Waals surface area contributed by atoms with Crippen LogP contribution in [-0.4, -0.2) is 36.4 Å². The minimum absolute atomic E-state index is 0.120. The molecule has 5 nitrogen and oxygen atoms in total. The molecule has 0 fully saturated rings.